The van der Waals surface area contributed by atoms with Gasteiger partial charge in [0.2, 0.25) is 0 Å². The zero-order valence-electron chi connectivity index (χ0n) is 15.4. The molecule has 1 atom stereocenters. The van der Waals surface area contributed by atoms with Crippen molar-refractivity contribution in [2.45, 2.75) is 20.3 Å². The first-order valence-electron chi connectivity index (χ1n) is 8.83. The van der Waals surface area contributed by atoms with Gasteiger partial charge in [0.05, 0.1) is 11.6 Å². The average Bonchev–Trinajstić information content (AvgIpc) is 3.14. The van der Waals surface area contributed by atoms with Gasteiger partial charge in [-0.25, -0.2) is 0 Å². The van der Waals surface area contributed by atoms with Crippen LogP contribution in [0.4, 0.5) is 0 Å². The lowest BCUT2D eigenvalue weighted by molar-refractivity contribution is -0.141. The average molecular weight is 394 g/mol. The standard InChI is InChI=1S/C19H24ClN3O4/c1-3-27-10-4-9-23(12-13(2)19(25)26)18(24)17-11-16(21-22-17)14-5-7-15(20)8-6-14/h5-8,11,13H,3-4,9-10,12H2,1-2H3,(H,21,22)(H,25,26). The molecule has 8 heteroatoms. The Morgan fingerprint density at radius 2 is 2.04 bits per heavy atom. The molecule has 1 amide bonds. The summed E-state index contributed by atoms with van der Waals surface area (Å²) < 4.78 is 5.31. The summed E-state index contributed by atoms with van der Waals surface area (Å²) in [4.78, 5) is 25.6. The lowest BCUT2D eigenvalue weighted by atomic mass is 10.1. The molecule has 0 saturated heterocycles. The van der Waals surface area contributed by atoms with E-state index in [9.17, 15) is 14.7 Å². The monoisotopic (exact) mass is 393 g/mol. The number of carboxylic acid groups (broad SMARTS) is 1. The third kappa shape index (κ3) is 6.08. The minimum absolute atomic E-state index is 0.121. The Morgan fingerprint density at radius 1 is 1.33 bits per heavy atom. The maximum Gasteiger partial charge on any atom is 0.308 e. The van der Waals surface area contributed by atoms with E-state index < -0.39 is 11.9 Å². The van der Waals surface area contributed by atoms with E-state index in [4.69, 9.17) is 16.3 Å². The van der Waals surface area contributed by atoms with E-state index in [0.29, 0.717) is 42.6 Å². The predicted octanol–water partition coefficient (Wildman–Crippen LogP) is 3.32. The van der Waals surface area contributed by atoms with Gasteiger partial charge in [0, 0.05) is 36.9 Å². The van der Waals surface area contributed by atoms with Gasteiger partial charge in [0.1, 0.15) is 5.69 Å². The zero-order chi connectivity index (χ0) is 19.8. The second kappa shape index (κ2) is 10.1. The van der Waals surface area contributed by atoms with Gasteiger partial charge in [-0.1, -0.05) is 30.7 Å². The first kappa shape index (κ1) is 20.9. The number of carbonyl (C=O) groups excluding carboxylic acids is 1. The molecule has 1 aromatic carbocycles. The van der Waals surface area contributed by atoms with Crippen LogP contribution in [0.3, 0.4) is 0 Å². The number of benzene rings is 1. The van der Waals surface area contributed by atoms with Crippen LogP contribution in [0.25, 0.3) is 11.3 Å². The fourth-order valence-electron chi connectivity index (χ4n) is 2.56. The molecule has 0 aliphatic carbocycles. The molecule has 27 heavy (non-hydrogen) atoms. The lowest BCUT2D eigenvalue weighted by Crippen LogP contribution is -2.38. The number of carboxylic acids is 1. The number of carbonyl (C=O) groups is 2. The van der Waals surface area contributed by atoms with Crippen molar-refractivity contribution in [3.05, 3.63) is 41.0 Å². The summed E-state index contributed by atoms with van der Waals surface area (Å²) in [5, 5.41) is 16.7. The Hall–Kier alpha value is -2.38. The Kier molecular flexibility index (Phi) is 7.82. The van der Waals surface area contributed by atoms with Crippen LogP contribution >= 0.6 is 11.6 Å². The molecule has 2 N–H and O–H groups in total. The van der Waals surface area contributed by atoms with Crippen LogP contribution in [-0.2, 0) is 9.53 Å². The molecule has 0 radical (unpaired) electrons. The fraction of sp³-hybridized carbons (Fsp3) is 0.421. The second-order valence-electron chi connectivity index (χ2n) is 6.21. The van der Waals surface area contributed by atoms with Crippen LogP contribution < -0.4 is 0 Å². The van der Waals surface area contributed by atoms with E-state index in [1.54, 1.807) is 25.1 Å². The number of aliphatic carboxylic acids is 1. The summed E-state index contributed by atoms with van der Waals surface area (Å²) >= 11 is 5.89. The summed E-state index contributed by atoms with van der Waals surface area (Å²) in [6, 6.07) is 8.80. The maximum absolute atomic E-state index is 12.9. The molecule has 1 heterocycles. The molecule has 0 aliphatic heterocycles. The van der Waals surface area contributed by atoms with Gasteiger partial charge in [-0.05, 0) is 31.5 Å². The fourth-order valence-corrected chi connectivity index (χ4v) is 2.68. The number of aromatic nitrogens is 2. The van der Waals surface area contributed by atoms with Crippen LogP contribution in [0.5, 0.6) is 0 Å². The van der Waals surface area contributed by atoms with Crippen molar-refractivity contribution in [2.75, 3.05) is 26.3 Å². The molecule has 0 fully saturated rings. The van der Waals surface area contributed by atoms with Crippen molar-refractivity contribution in [3.8, 4) is 11.3 Å². The van der Waals surface area contributed by atoms with Crippen LogP contribution in [0.2, 0.25) is 5.02 Å². The quantitative estimate of drug-likeness (QED) is 0.603. The van der Waals surface area contributed by atoms with Crippen molar-refractivity contribution >= 4 is 23.5 Å². The van der Waals surface area contributed by atoms with Crippen molar-refractivity contribution in [3.63, 3.8) is 0 Å². The van der Waals surface area contributed by atoms with Gasteiger partial charge in [-0.15, -0.1) is 0 Å². The number of halogens is 1. The highest BCUT2D eigenvalue weighted by molar-refractivity contribution is 6.30. The predicted molar refractivity (Wildman–Crippen MR) is 103 cm³/mol. The smallest absolute Gasteiger partial charge is 0.308 e. The minimum atomic E-state index is -0.941. The highest BCUT2D eigenvalue weighted by atomic mass is 35.5. The van der Waals surface area contributed by atoms with E-state index in [-0.39, 0.29) is 12.5 Å². The van der Waals surface area contributed by atoms with Gasteiger partial charge in [0.15, 0.2) is 0 Å². The molecule has 0 aliphatic rings. The van der Waals surface area contributed by atoms with Gasteiger partial charge in [-0.2, -0.15) is 5.10 Å². The van der Waals surface area contributed by atoms with Crippen molar-refractivity contribution in [1.29, 1.82) is 0 Å². The largest absolute Gasteiger partial charge is 0.481 e. The molecule has 0 saturated carbocycles. The lowest BCUT2D eigenvalue weighted by Gasteiger charge is -2.24. The highest BCUT2D eigenvalue weighted by Crippen LogP contribution is 2.21. The molecule has 1 unspecified atom stereocenters. The van der Waals surface area contributed by atoms with Crippen molar-refractivity contribution in [2.24, 2.45) is 5.92 Å². The molecule has 1 aromatic heterocycles. The van der Waals surface area contributed by atoms with Gasteiger partial charge >= 0.3 is 5.97 Å². The van der Waals surface area contributed by atoms with Crippen molar-refractivity contribution < 1.29 is 19.4 Å². The highest BCUT2D eigenvalue weighted by Gasteiger charge is 2.23. The van der Waals surface area contributed by atoms with E-state index >= 15 is 0 Å². The van der Waals surface area contributed by atoms with Crippen molar-refractivity contribution in [1.82, 2.24) is 15.1 Å². The first-order chi connectivity index (χ1) is 12.9. The Morgan fingerprint density at radius 3 is 2.67 bits per heavy atom. The second-order valence-corrected chi connectivity index (χ2v) is 6.65. The number of H-pyrrole nitrogens is 1. The number of hydrogen-bond donors (Lipinski definition) is 2. The number of hydrogen-bond acceptors (Lipinski definition) is 4. The van der Waals surface area contributed by atoms with Crippen LogP contribution in [0.1, 0.15) is 30.8 Å². The number of amides is 1. The van der Waals surface area contributed by atoms with Crippen LogP contribution in [0.15, 0.2) is 30.3 Å². The molecule has 146 valence electrons. The molecule has 0 bridgehead atoms. The normalized spacial score (nSPS) is 12.0. The Labute approximate surface area is 163 Å². The van der Waals surface area contributed by atoms with E-state index in [0.717, 1.165) is 5.56 Å². The Bertz CT molecular complexity index is 761. The minimum Gasteiger partial charge on any atom is -0.481 e. The molecular formula is C19H24ClN3O4. The summed E-state index contributed by atoms with van der Waals surface area (Å²) in [6.45, 7) is 5.13. The zero-order valence-corrected chi connectivity index (χ0v) is 16.2. The third-order valence-corrected chi connectivity index (χ3v) is 4.32. The number of ether oxygens (including phenoxy) is 1. The summed E-state index contributed by atoms with van der Waals surface area (Å²) in [5.41, 5.74) is 1.76. The van der Waals surface area contributed by atoms with Gasteiger partial charge in [0.25, 0.3) is 5.91 Å². The molecule has 0 spiro atoms. The topological polar surface area (TPSA) is 95.5 Å². The van der Waals surface area contributed by atoms with Gasteiger partial charge < -0.3 is 14.7 Å². The summed E-state index contributed by atoms with van der Waals surface area (Å²) in [5.74, 6) is -1.89. The SMILES string of the molecule is CCOCCCN(CC(C)C(=O)O)C(=O)c1cc(-c2ccc(Cl)cc2)n[nH]1. The molecular weight excluding hydrogens is 370 g/mol. The third-order valence-electron chi connectivity index (χ3n) is 4.07. The van der Waals surface area contributed by atoms with E-state index in [1.807, 2.05) is 19.1 Å². The molecule has 2 aromatic rings. The summed E-state index contributed by atoms with van der Waals surface area (Å²) in [6.07, 6.45) is 0.629. The molecule has 7 nitrogen and oxygen atoms in total. The van der Waals surface area contributed by atoms with Crippen LogP contribution in [0, 0.1) is 5.92 Å². The first-order valence-corrected chi connectivity index (χ1v) is 9.21. The number of nitrogens with one attached hydrogen (secondary N) is 1. The van der Waals surface area contributed by atoms with E-state index in [2.05, 4.69) is 10.2 Å². The van der Waals surface area contributed by atoms with Gasteiger partial charge in [-0.3, -0.25) is 14.7 Å². The maximum atomic E-state index is 12.9. The van der Waals surface area contributed by atoms with Crippen LogP contribution in [-0.4, -0.2) is 58.4 Å². The molecule has 2 rings (SSSR count). The number of rotatable bonds is 10. The Balaban J connectivity index is 2.13. The van der Waals surface area contributed by atoms with E-state index in [1.165, 1.54) is 4.90 Å². The number of aromatic amines is 1. The number of nitrogens with zero attached hydrogens (tertiary/aromatic N) is 2. The summed E-state index contributed by atoms with van der Waals surface area (Å²) in [7, 11) is 0.